The fraction of sp³-hybridized carbons (Fsp3) is 0.400. The van der Waals surface area contributed by atoms with Gasteiger partial charge in [-0.1, -0.05) is 18.6 Å². The lowest BCUT2D eigenvalue weighted by Gasteiger charge is -2.07. The van der Waals surface area contributed by atoms with E-state index in [0.717, 1.165) is 35.1 Å². The van der Waals surface area contributed by atoms with Gasteiger partial charge in [0.25, 0.3) is 0 Å². The van der Waals surface area contributed by atoms with Crippen LogP contribution in [0.5, 0.6) is 0 Å². The Morgan fingerprint density at radius 3 is 3.00 bits per heavy atom. The van der Waals surface area contributed by atoms with Crippen molar-refractivity contribution in [3.63, 3.8) is 0 Å². The minimum atomic E-state index is 0.855. The minimum Gasteiger partial charge on any atom is -0.398 e. The van der Waals surface area contributed by atoms with Gasteiger partial charge in [-0.2, -0.15) is 0 Å². The number of aryl methyl sites for hydroxylation is 2. The number of nitrogens with one attached hydrogen (secondary N) is 1. The Morgan fingerprint density at radius 1 is 1.50 bits per heavy atom. The summed E-state index contributed by atoms with van der Waals surface area (Å²) in [5.41, 5.74) is 10.9. The number of rotatable bonds is 2. The van der Waals surface area contributed by atoms with Crippen LogP contribution in [0, 0.1) is 6.92 Å². The summed E-state index contributed by atoms with van der Waals surface area (Å²) in [6.07, 6.45) is 2.10. The molecule has 0 atom stereocenters. The molecule has 14 heavy (non-hydrogen) atoms. The molecule has 1 aromatic carbocycles. The number of nitrogen functional groups attached to an aromatic ring is 1. The number of hydrogen-bond acceptors (Lipinski definition) is 3. The Bertz CT molecular complexity index is 458. The third kappa shape index (κ3) is 1.23. The molecule has 0 unspecified atom stereocenters. The van der Waals surface area contributed by atoms with Crippen LogP contribution in [0.25, 0.3) is 11.0 Å². The number of hydrogen-bond donors (Lipinski definition) is 2. The van der Waals surface area contributed by atoms with Crippen LogP contribution in [-0.2, 0) is 6.42 Å². The number of benzene rings is 1. The Kier molecular flexibility index (Phi) is 2.11. The van der Waals surface area contributed by atoms with E-state index >= 15 is 0 Å². The van der Waals surface area contributed by atoms with Crippen molar-refractivity contribution >= 4 is 16.7 Å². The summed E-state index contributed by atoms with van der Waals surface area (Å²) in [6, 6.07) is 2.04. The summed E-state index contributed by atoms with van der Waals surface area (Å²) < 4.78 is 0. The first-order valence-electron chi connectivity index (χ1n) is 4.82. The Hall–Kier alpha value is -1.58. The highest BCUT2D eigenvalue weighted by atomic mass is 15.3. The number of anilines is 1. The SMILES string of the molecule is CCCc1cc2[nH]nnc2c(C)c1N. The van der Waals surface area contributed by atoms with Gasteiger partial charge in [-0.15, -0.1) is 5.10 Å². The summed E-state index contributed by atoms with van der Waals surface area (Å²) in [4.78, 5) is 0. The molecule has 0 aliphatic rings. The predicted molar refractivity (Wildman–Crippen MR) is 57.0 cm³/mol. The molecule has 0 radical (unpaired) electrons. The summed E-state index contributed by atoms with van der Waals surface area (Å²) >= 11 is 0. The summed E-state index contributed by atoms with van der Waals surface area (Å²) in [5, 5.41) is 10.6. The zero-order valence-electron chi connectivity index (χ0n) is 8.46. The van der Waals surface area contributed by atoms with Crippen molar-refractivity contribution in [2.75, 3.05) is 5.73 Å². The monoisotopic (exact) mass is 190 g/mol. The Balaban J connectivity index is 2.67. The molecular weight excluding hydrogens is 176 g/mol. The molecule has 74 valence electrons. The van der Waals surface area contributed by atoms with Gasteiger partial charge in [0.1, 0.15) is 5.52 Å². The second-order valence-corrected chi connectivity index (χ2v) is 3.53. The fourth-order valence-electron chi connectivity index (χ4n) is 1.71. The van der Waals surface area contributed by atoms with Gasteiger partial charge in [0.15, 0.2) is 0 Å². The quantitative estimate of drug-likeness (QED) is 0.709. The maximum Gasteiger partial charge on any atom is 0.117 e. The van der Waals surface area contributed by atoms with Crippen molar-refractivity contribution in [3.05, 3.63) is 17.2 Å². The number of aromatic amines is 1. The van der Waals surface area contributed by atoms with Gasteiger partial charge in [-0.05, 0) is 25.0 Å². The smallest absolute Gasteiger partial charge is 0.117 e. The molecule has 0 bridgehead atoms. The molecule has 4 nitrogen and oxygen atoms in total. The Labute approximate surface area is 82.5 Å². The number of nitrogens with zero attached hydrogens (tertiary/aromatic N) is 2. The highest BCUT2D eigenvalue weighted by Crippen LogP contribution is 2.25. The average Bonchev–Trinajstić information content (AvgIpc) is 2.62. The Morgan fingerprint density at radius 2 is 2.29 bits per heavy atom. The molecule has 2 rings (SSSR count). The second kappa shape index (κ2) is 3.29. The third-order valence-electron chi connectivity index (χ3n) is 2.52. The first kappa shape index (κ1) is 8.99. The van der Waals surface area contributed by atoms with E-state index in [4.69, 9.17) is 5.73 Å². The normalized spacial score (nSPS) is 11.0. The van der Waals surface area contributed by atoms with Crippen LogP contribution in [0.1, 0.15) is 24.5 Å². The number of H-pyrrole nitrogens is 1. The van der Waals surface area contributed by atoms with Crippen molar-refractivity contribution < 1.29 is 0 Å². The lowest BCUT2D eigenvalue weighted by Crippen LogP contribution is -1.98. The number of fused-ring (bicyclic) bond motifs is 1. The standard InChI is InChI=1S/C10H14N4/c1-3-4-7-5-8-10(13-14-12-8)6(2)9(7)11/h5H,3-4,11H2,1-2H3,(H,12,13,14). The molecule has 0 saturated carbocycles. The molecule has 3 N–H and O–H groups in total. The molecule has 2 aromatic rings. The van der Waals surface area contributed by atoms with E-state index in [1.807, 2.05) is 13.0 Å². The van der Waals surface area contributed by atoms with Gasteiger partial charge in [-0.3, -0.25) is 5.10 Å². The zero-order chi connectivity index (χ0) is 10.1. The van der Waals surface area contributed by atoms with Crippen molar-refractivity contribution in [1.82, 2.24) is 15.4 Å². The third-order valence-corrected chi connectivity index (χ3v) is 2.52. The summed E-state index contributed by atoms with van der Waals surface area (Å²) in [7, 11) is 0. The lowest BCUT2D eigenvalue weighted by molar-refractivity contribution is 0.924. The molecule has 4 heteroatoms. The van der Waals surface area contributed by atoms with Gasteiger partial charge >= 0.3 is 0 Å². The van der Waals surface area contributed by atoms with Crippen molar-refractivity contribution in [2.24, 2.45) is 0 Å². The van der Waals surface area contributed by atoms with E-state index in [2.05, 4.69) is 22.3 Å². The van der Waals surface area contributed by atoms with E-state index in [1.165, 1.54) is 5.56 Å². The van der Waals surface area contributed by atoms with Crippen LogP contribution in [0.4, 0.5) is 5.69 Å². The highest BCUT2D eigenvalue weighted by Gasteiger charge is 2.09. The maximum absolute atomic E-state index is 6.01. The largest absolute Gasteiger partial charge is 0.398 e. The summed E-state index contributed by atoms with van der Waals surface area (Å²) in [6.45, 7) is 4.13. The van der Waals surface area contributed by atoms with Crippen molar-refractivity contribution in [1.29, 1.82) is 0 Å². The van der Waals surface area contributed by atoms with Crippen LogP contribution in [-0.4, -0.2) is 15.4 Å². The fourth-order valence-corrected chi connectivity index (χ4v) is 1.71. The molecule has 0 aliphatic carbocycles. The predicted octanol–water partition coefficient (Wildman–Crippen LogP) is 1.80. The van der Waals surface area contributed by atoms with Gasteiger partial charge in [0.05, 0.1) is 5.52 Å². The minimum absolute atomic E-state index is 0.855. The number of aromatic nitrogens is 3. The van der Waals surface area contributed by atoms with Gasteiger partial charge in [0.2, 0.25) is 0 Å². The molecule has 1 heterocycles. The average molecular weight is 190 g/mol. The molecular formula is C10H14N4. The number of nitrogens with two attached hydrogens (primary N) is 1. The van der Waals surface area contributed by atoms with E-state index in [-0.39, 0.29) is 0 Å². The van der Waals surface area contributed by atoms with Crippen molar-refractivity contribution in [2.45, 2.75) is 26.7 Å². The topological polar surface area (TPSA) is 67.6 Å². The molecule has 0 spiro atoms. The molecule has 0 fully saturated rings. The lowest BCUT2D eigenvalue weighted by atomic mass is 10.0. The van der Waals surface area contributed by atoms with Gasteiger partial charge in [0, 0.05) is 11.3 Å². The van der Waals surface area contributed by atoms with Gasteiger partial charge in [-0.25, -0.2) is 0 Å². The van der Waals surface area contributed by atoms with Crippen LogP contribution in [0.3, 0.4) is 0 Å². The van der Waals surface area contributed by atoms with Crippen LogP contribution < -0.4 is 5.73 Å². The van der Waals surface area contributed by atoms with Crippen LogP contribution >= 0.6 is 0 Å². The maximum atomic E-state index is 6.01. The van der Waals surface area contributed by atoms with Gasteiger partial charge < -0.3 is 5.73 Å². The first-order valence-corrected chi connectivity index (χ1v) is 4.82. The van der Waals surface area contributed by atoms with Crippen LogP contribution in [0.2, 0.25) is 0 Å². The van der Waals surface area contributed by atoms with E-state index in [1.54, 1.807) is 0 Å². The molecule has 0 aliphatic heterocycles. The summed E-state index contributed by atoms with van der Waals surface area (Å²) in [5.74, 6) is 0. The molecule has 0 saturated heterocycles. The van der Waals surface area contributed by atoms with Crippen molar-refractivity contribution in [3.8, 4) is 0 Å². The van der Waals surface area contributed by atoms with E-state index in [0.29, 0.717) is 0 Å². The van der Waals surface area contributed by atoms with E-state index in [9.17, 15) is 0 Å². The zero-order valence-corrected chi connectivity index (χ0v) is 8.46. The second-order valence-electron chi connectivity index (χ2n) is 3.53. The molecule has 0 amide bonds. The highest BCUT2D eigenvalue weighted by molar-refractivity contribution is 5.84. The molecule has 1 aromatic heterocycles. The first-order chi connectivity index (χ1) is 6.74. The van der Waals surface area contributed by atoms with E-state index < -0.39 is 0 Å². The van der Waals surface area contributed by atoms with Crippen LogP contribution in [0.15, 0.2) is 6.07 Å².